The van der Waals surface area contributed by atoms with E-state index in [9.17, 15) is 29.5 Å². The molecule has 3 rings (SSSR count). The van der Waals surface area contributed by atoms with Gasteiger partial charge >= 0.3 is 35.5 Å². The fraction of sp³-hybridized carbons (Fsp3) is 0.316. The average molecular weight is 437 g/mol. The van der Waals surface area contributed by atoms with Crippen molar-refractivity contribution in [3.05, 3.63) is 47.2 Å². The number of esters is 1. The number of amides is 2. The van der Waals surface area contributed by atoms with Crippen molar-refractivity contribution in [2.24, 2.45) is 0 Å². The number of carboxylic acids is 1. The minimum Gasteiger partial charge on any atom is -0.543 e. The number of nitrogens with one attached hydrogen (secondary N) is 1. The van der Waals surface area contributed by atoms with Gasteiger partial charge < -0.3 is 20.0 Å². The minimum absolute atomic E-state index is 0. The van der Waals surface area contributed by atoms with E-state index >= 15 is 0 Å². The standard InChI is InChI=1S/C19H17N3O6S.Na/c1-10(23)28-8-12-9-29-18-14(17(25)22(18)15(12)19(26)27)21-16(24)13(7-20)11-5-3-2-4-6-11;/h2-6,13-14,18H,8-9H2,1H3,(H,21,24)(H,26,27);/q;+1/p-1/t13?,14-,18-;/m1./s1. The predicted octanol–water partition coefficient (Wildman–Crippen LogP) is -3.74. The number of aliphatic carboxylic acids is 1. The first-order valence-corrected chi connectivity index (χ1v) is 9.66. The number of hydrogen-bond acceptors (Lipinski definition) is 8. The molecule has 0 spiro atoms. The number of carbonyl (C=O) groups is 4. The van der Waals surface area contributed by atoms with Crippen LogP contribution >= 0.6 is 11.8 Å². The fourth-order valence-corrected chi connectivity index (χ4v) is 4.47. The van der Waals surface area contributed by atoms with Crippen LogP contribution in [-0.4, -0.2) is 52.4 Å². The number of carboxylic acid groups (broad SMARTS) is 1. The Labute approximate surface area is 198 Å². The Hall–Kier alpha value is -2.32. The predicted molar refractivity (Wildman–Crippen MR) is 98.5 cm³/mol. The van der Waals surface area contributed by atoms with Gasteiger partial charge in [-0.15, -0.1) is 11.8 Å². The van der Waals surface area contributed by atoms with Gasteiger partial charge in [0, 0.05) is 18.2 Å². The molecule has 0 saturated carbocycles. The van der Waals surface area contributed by atoms with Gasteiger partial charge in [-0.3, -0.25) is 19.3 Å². The number of benzene rings is 1. The van der Waals surface area contributed by atoms with Crippen LogP contribution in [0.2, 0.25) is 0 Å². The van der Waals surface area contributed by atoms with Crippen molar-refractivity contribution >= 4 is 35.5 Å². The molecule has 2 heterocycles. The number of fused-ring (bicyclic) bond motifs is 1. The molecular weight excluding hydrogens is 421 g/mol. The maximum Gasteiger partial charge on any atom is 1.00 e. The van der Waals surface area contributed by atoms with Crippen LogP contribution in [0, 0.1) is 11.3 Å². The third-order valence-corrected chi connectivity index (χ3v) is 5.85. The largest absolute Gasteiger partial charge is 1.00 e. The van der Waals surface area contributed by atoms with Gasteiger partial charge in [0.2, 0.25) is 5.91 Å². The molecule has 1 N–H and O–H groups in total. The van der Waals surface area contributed by atoms with Gasteiger partial charge in [-0.05, 0) is 5.56 Å². The minimum atomic E-state index is -1.56. The number of β-lactam (4-membered cyclic amide) rings is 1. The maximum absolute atomic E-state index is 12.6. The third-order valence-electron chi connectivity index (χ3n) is 4.51. The molecule has 0 bridgehead atoms. The van der Waals surface area contributed by atoms with E-state index in [-0.39, 0.29) is 53.2 Å². The molecule has 0 radical (unpaired) electrons. The number of nitrogens with zero attached hydrogens (tertiary/aromatic N) is 2. The summed E-state index contributed by atoms with van der Waals surface area (Å²) in [6.45, 7) is 0.931. The van der Waals surface area contributed by atoms with Crippen LogP contribution in [0.1, 0.15) is 18.4 Å². The van der Waals surface area contributed by atoms with Gasteiger partial charge in [0.1, 0.15) is 23.9 Å². The second-order valence-corrected chi connectivity index (χ2v) is 7.49. The molecule has 1 aromatic carbocycles. The summed E-state index contributed by atoms with van der Waals surface area (Å²) in [4.78, 5) is 48.7. The fourth-order valence-electron chi connectivity index (χ4n) is 3.14. The van der Waals surface area contributed by atoms with E-state index in [0.29, 0.717) is 5.56 Å². The summed E-state index contributed by atoms with van der Waals surface area (Å²) in [5, 5.41) is 22.8. The molecule has 2 aliphatic heterocycles. The summed E-state index contributed by atoms with van der Waals surface area (Å²) in [5.74, 6) is -4.30. The van der Waals surface area contributed by atoms with Gasteiger partial charge in [0.15, 0.2) is 0 Å². The van der Waals surface area contributed by atoms with Crippen molar-refractivity contribution in [2.45, 2.75) is 24.3 Å². The first kappa shape index (κ1) is 24.0. The van der Waals surface area contributed by atoms with Crippen LogP contribution in [0.4, 0.5) is 0 Å². The van der Waals surface area contributed by atoms with Crippen LogP contribution in [0.5, 0.6) is 0 Å². The van der Waals surface area contributed by atoms with Crippen molar-refractivity contribution in [3.8, 4) is 6.07 Å². The van der Waals surface area contributed by atoms with Gasteiger partial charge in [-0.1, -0.05) is 30.3 Å². The van der Waals surface area contributed by atoms with E-state index in [1.165, 1.54) is 18.7 Å². The molecule has 1 aromatic rings. The Balaban J connectivity index is 0.00000320. The monoisotopic (exact) mass is 437 g/mol. The molecule has 1 fully saturated rings. The van der Waals surface area contributed by atoms with E-state index in [1.54, 1.807) is 30.3 Å². The molecule has 3 atom stereocenters. The molecule has 0 aliphatic carbocycles. The number of hydrogen-bond donors (Lipinski definition) is 1. The van der Waals surface area contributed by atoms with Gasteiger partial charge in [0.05, 0.1) is 17.7 Å². The summed E-state index contributed by atoms with van der Waals surface area (Å²) < 4.78 is 4.85. The molecule has 2 amide bonds. The van der Waals surface area contributed by atoms with Crippen LogP contribution in [0.15, 0.2) is 41.6 Å². The van der Waals surface area contributed by atoms with Crippen molar-refractivity contribution < 1.29 is 58.6 Å². The number of thioether (sulfide) groups is 1. The second-order valence-electron chi connectivity index (χ2n) is 6.39. The molecule has 0 aromatic heterocycles. The zero-order chi connectivity index (χ0) is 21.1. The van der Waals surface area contributed by atoms with E-state index < -0.39 is 41.1 Å². The molecule has 2 aliphatic rings. The number of ether oxygens (including phenoxy) is 1. The van der Waals surface area contributed by atoms with Crippen molar-refractivity contribution in [2.75, 3.05) is 12.4 Å². The summed E-state index contributed by atoms with van der Waals surface area (Å²) >= 11 is 1.23. The first-order chi connectivity index (χ1) is 13.8. The van der Waals surface area contributed by atoms with E-state index in [1.807, 2.05) is 6.07 Å². The van der Waals surface area contributed by atoms with E-state index in [4.69, 9.17) is 4.74 Å². The molecule has 1 unspecified atom stereocenters. The Kier molecular flexibility index (Phi) is 8.09. The van der Waals surface area contributed by atoms with Gasteiger partial charge in [-0.25, -0.2) is 0 Å². The second kappa shape index (κ2) is 10.1. The number of rotatable bonds is 6. The SMILES string of the molecule is CC(=O)OCC1=C(C(=O)[O-])N2C(=O)[C@@H](NC(=O)C(C#N)c3ccccc3)[C@H]2SC1.[Na+]. The molecule has 9 nitrogen and oxygen atoms in total. The summed E-state index contributed by atoms with van der Waals surface area (Å²) in [7, 11) is 0. The summed E-state index contributed by atoms with van der Waals surface area (Å²) in [5.41, 5.74) is 0.399. The molecule has 150 valence electrons. The summed E-state index contributed by atoms with van der Waals surface area (Å²) in [6, 6.07) is 9.37. The number of nitriles is 1. The first-order valence-electron chi connectivity index (χ1n) is 8.61. The topological polar surface area (TPSA) is 140 Å². The van der Waals surface area contributed by atoms with Crippen molar-refractivity contribution in [3.63, 3.8) is 0 Å². The summed E-state index contributed by atoms with van der Waals surface area (Å²) in [6.07, 6.45) is 0. The van der Waals surface area contributed by atoms with E-state index in [2.05, 4.69) is 5.32 Å². The molecular formula is C19H16N3NaO6S. The Bertz CT molecular complexity index is 945. The Morgan fingerprint density at radius 2 is 2.03 bits per heavy atom. The zero-order valence-corrected chi connectivity index (χ0v) is 19.1. The molecule has 30 heavy (non-hydrogen) atoms. The normalized spacial score (nSPS) is 20.7. The molecule has 1 saturated heterocycles. The maximum atomic E-state index is 12.6. The number of carbonyl (C=O) groups excluding carboxylic acids is 4. The quantitative estimate of drug-likeness (QED) is 0.272. The van der Waals surface area contributed by atoms with Gasteiger partial charge in [-0.2, -0.15) is 5.26 Å². The molecule has 11 heteroatoms. The van der Waals surface area contributed by atoms with Crippen LogP contribution < -0.4 is 40.0 Å². The van der Waals surface area contributed by atoms with E-state index in [0.717, 1.165) is 4.90 Å². The Morgan fingerprint density at radius 3 is 2.60 bits per heavy atom. The van der Waals surface area contributed by atoms with Gasteiger partial charge in [0.25, 0.3) is 5.91 Å². The third kappa shape index (κ3) is 4.70. The smallest absolute Gasteiger partial charge is 0.543 e. The van der Waals surface area contributed by atoms with Crippen molar-refractivity contribution in [1.82, 2.24) is 10.2 Å². The average Bonchev–Trinajstić information content (AvgIpc) is 2.70. The Morgan fingerprint density at radius 1 is 1.37 bits per heavy atom. The van der Waals surface area contributed by atoms with Crippen LogP contribution in [0.3, 0.4) is 0 Å². The van der Waals surface area contributed by atoms with Crippen molar-refractivity contribution in [1.29, 1.82) is 5.26 Å². The van der Waals surface area contributed by atoms with Crippen LogP contribution in [-0.2, 0) is 23.9 Å². The zero-order valence-electron chi connectivity index (χ0n) is 16.3. The van der Waals surface area contributed by atoms with Crippen LogP contribution in [0.25, 0.3) is 0 Å².